The number of hydrogen-bond acceptors (Lipinski definition) is 2. The van der Waals surface area contributed by atoms with Crippen molar-refractivity contribution in [2.45, 2.75) is 121 Å². The van der Waals surface area contributed by atoms with Gasteiger partial charge in [-0.3, -0.25) is 0 Å². The van der Waals surface area contributed by atoms with E-state index in [0.29, 0.717) is 10.6 Å². The second-order valence-corrected chi connectivity index (χ2v) is 8.32. The van der Waals surface area contributed by atoms with Crippen LogP contribution in [-0.2, 0) is 6.42 Å². The molecular weight excluding hydrogens is 336 g/mol. The highest BCUT2D eigenvalue weighted by molar-refractivity contribution is 7.80. The van der Waals surface area contributed by atoms with Gasteiger partial charge in [0.05, 0.1) is 0 Å². The molecule has 2 heteroatoms. The molecule has 26 heavy (non-hydrogen) atoms. The quantitative estimate of drug-likeness (QED) is 0.206. The summed E-state index contributed by atoms with van der Waals surface area (Å²) < 4.78 is 0. The van der Waals surface area contributed by atoms with E-state index in [1.165, 1.54) is 103 Å². The van der Waals surface area contributed by atoms with Crippen molar-refractivity contribution in [1.82, 2.24) is 0 Å². The van der Waals surface area contributed by atoms with Crippen LogP contribution in [0.25, 0.3) is 0 Å². The molecule has 0 aliphatic heterocycles. The summed E-state index contributed by atoms with van der Waals surface area (Å²) in [6.07, 6.45) is 23.3. The highest BCUT2D eigenvalue weighted by Gasteiger charge is 2.03. The fourth-order valence-corrected chi connectivity index (χ4v) is 3.87. The maximum absolute atomic E-state index is 9.95. The van der Waals surface area contributed by atoms with Crippen molar-refractivity contribution in [3.8, 4) is 5.75 Å². The van der Waals surface area contributed by atoms with Gasteiger partial charge >= 0.3 is 0 Å². The van der Waals surface area contributed by atoms with Crippen LogP contribution < -0.4 is 0 Å². The fraction of sp³-hybridized carbons (Fsp3) is 0.750. The van der Waals surface area contributed by atoms with E-state index in [0.717, 1.165) is 12.0 Å². The number of phenols is 1. The van der Waals surface area contributed by atoms with Gasteiger partial charge in [-0.25, -0.2) is 0 Å². The van der Waals surface area contributed by atoms with E-state index >= 15 is 0 Å². The Hall–Kier alpha value is -0.630. The Kier molecular flexibility index (Phi) is 14.9. The second-order valence-electron chi connectivity index (χ2n) is 7.84. The lowest BCUT2D eigenvalue weighted by Crippen LogP contribution is -1.88. The maximum atomic E-state index is 9.95. The van der Waals surface area contributed by atoms with Crippen LogP contribution in [0.15, 0.2) is 23.1 Å². The molecule has 150 valence electrons. The topological polar surface area (TPSA) is 20.2 Å². The molecule has 0 aromatic heterocycles. The van der Waals surface area contributed by atoms with Crippen molar-refractivity contribution in [3.63, 3.8) is 0 Å². The third kappa shape index (κ3) is 11.9. The van der Waals surface area contributed by atoms with Gasteiger partial charge in [0.25, 0.3) is 0 Å². The summed E-state index contributed by atoms with van der Waals surface area (Å²) in [7, 11) is 0. The van der Waals surface area contributed by atoms with Crippen molar-refractivity contribution in [3.05, 3.63) is 23.8 Å². The Balaban J connectivity index is 1.80. The molecule has 0 radical (unpaired) electrons. The van der Waals surface area contributed by atoms with E-state index in [2.05, 4.69) is 19.6 Å². The minimum Gasteiger partial charge on any atom is -0.507 e. The van der Waals surface area contributed by atoms with Gasteiger partial charge in [-0.15, -0.1) is 12.6 Å². The maximum Gasteiger partial charge on any atom is 0.132 e. The van der Waals surface area contributed by atoms with Crippen LogP contribution in [-0.4, -0.2) is 5.11 Å². The van der Waals surface area contributed by atoms with Crippen molar-refractivity contribution >= 4 is 12.6 Å². The largest absolute Gasteiger partial charge is 0.507 e. The van der Waals surface area contributed by atoms with E-state index in [4.69, 9.17) is 0 Å². The molecule has 1 N–H and O–H groups in total. The van der Waals surface area contributed by atoms with Gasteiger partial charge in [0, 0.05) is 4.90 Å². The van der Waals surface area contributed by atoms with Crippen LogP contribution in [0.1, 0.15) is 115 Å². The Labute approximate surface area is 168 Å². The molecule has 0 amide bonds. The van der Waals surface area contributed by atoms with Gasteiger partial charge in [-0.05, 0) is 24.5 Å². The molecule has 1 nitrogen and oxygen atoms in total. The molecule has 0 atom stereocenters. The van der Waals surface area contributed by atoms with E-state index < -0.39 is 0 Å². The van der Waals surface area contributed by atoms with Crippen LogP contribution in [0.3, 0.4) is 0 Å². The van der Waals surface area contributed by atoms with Crippen LogP contribution >= 0.6 is 12.6 Å². The second kappa shape index (κ2) is 16.5. The summed E-state index contributed by atoms with van der Waals surface area (Å²) in [6.45, 7) is 2.29. The van der Waals surface area contributed by atoms with E-state index in [9.17, 15) is 5.11 Å². The number of aryl methyl sites for hydroxylation is 1. The monoisotopic (exact) mass is 378 g/mol. The Morgan fingerprint density at radius 3 is 1.54 bits per heavy atom. The minimum absolute atomic E-state index is 0.372. The first-order valence-electron chi connectivity index (χ1n) is 11.3. The van der Waals surface area contributed by atoms with Crippen LogP contribution in [0, 0.1) is 0 Å². The normalized spacial score (nSPS) is 11.2. The first-order valence-corrected chi connectivity index (χ1v) is 11.7. The molecule has 0 heterocycles. The molecule has 0 saturated carbocycles. The van der Waals surface area contributed by atoms with E-state index in [1.807, 2.05) is 18.2 Å². The molecule has 0 aliphatic rings. The molecule has 1 aromatic rings. The summed E-state index contributed by atoms with van der Waals surface area (Å²) in [5, 5.41) is 9.95. The SMILES string of the molecule is CCCCCCCCCCCCCCCCCCc1cccc(S)c1O. The summed E-state index contributed by atoms with van der Waals surface area (Å²) >= 11 is 4.27. The first-order chi connectivity index (χ1) is 12.8. The zero-order chi connectivity index (χ0) is 18.9. The summed E-state index contributed by atoms with van der Waals surface area (Å²) in [5.41, 5.74) is 1.04. The molecule has 0 saturated heterocycles. The Bertz CT molecular complexity index is 444. The van der Waals surface area contributed by atoms with Crippen LogP contribution in [0.5, 0.6) is 5.75 Å². The third-order valence-corrected chi connectivity index (χ3v) is 5.76. The van der Waals surface area contributed by atoms with Crippen LogP contribution in [0.2, 0.25) is 0 Å². The molecular formula is C24H42OS. The lowest BCUT2D eigenvalue weighted by Gasteiger charge is -2.06. The average molecular weight is 379 g/mol. The number of para-hydroxylation sites is 1. The highest BCUT2D eigenvalue weighted by atomic mass is 32.1. The molecule has 0 unspecified atom stereocenters. The molecule has 0 bridgehead atoms. The standard InChI is InChI=1S/C24H42OS/c1-2-3-4-5-6-7-8-9-10-11-12-13-14-15-16-17-19-22-20-18-21-23(26)24(22)25/h18,20-21,25-26H,2-17,19H2,1H3. The van der Waals surface area contributed by atoms with Gasteiger partial charge in [-0.1, -0.05) is 115 Å². The van der Waals surface area contributed by atoms with Gasteiger partial charge in [-0.2, -0.15) is 0 Å². The van der Waals surface area contributed by atoms with Crippen molar-refractivity contribution in [1.29, 1.82) is 0 Å². The molecule has 1 rings (SSSR count). The molecule has 0 aliphatic carbocycles. The van der Waals surface area contributed by atoms with Gasteiger partial charge < -0.3 is 5.11 Å². The summed E-state index contributed by atoms with van der Waals surface area (Å²) in [5.74, 6) is 0.372. The van der Waals surface area contributed by atoms with Crippen molar-refractivity contribution in [2.75, 3.05) is 0 Å². The first kappa shape index (κ1) is 23.4. The predicted octanol–water partition coefficient (Wildman–Crippen LogP) is 8.48. The number of benzene rings is 1. The lowest BCUT2D eigenvalue weighted by molar-refractivity contribution is 0.453. The number of hydrogen-bond donors (Lipinski definition) is 2. The van der Waals surface area contributed by atoms with E-state index in [-0.39, 0.29) is 0 Å². The van der Waals surface area contributed by atoms with E-state index in [1.54, 1.807) is 0 Å². The fourth-order valence-electron chi connectivity index (χ4n) is 3.64. The number of aromatic hydroxyl groups is 1. The average Bonchev–Trinajstić information content (AvgIpc) is 2.64. The summed E-state index contributed by atoms with van der Waals surface area (Å²) in [4.78, 5) is 0.694. The smallest absolute Gasteiger partial charge is 0.132 e. The number of phenolic OH excluding ortho intramolecular Hbond substituents is 1. The number of rotatable bonds is 17. The van der Waals surface area contributed by atoms with Crippen LogP contribution in [0.4, 0.5) is 0 Å². The van der Waals surface area contributed by atoms with Crippen molar-refractivity contribution in [2.24, 2.45) is 0 Å². The minimum atomic E-state index is 0.372. The zero-order valence-electron chi connectivity index (χ0n) is 17.1. The highest BCUT2D eigenvalue weighted by Crippen LogP contribution is 2.26. The molecule has 0 fully saturated rings. The molecule has 0 spiro atoms. The lowest BCUT2D eigenvalue weighted by atomic mass is 10.0. The molecule has 1 aromatic carbocycles. The van der Waals surface area contributed by atoms with Gasteiger partial charge in [0.2, 0.25) is 0 Å². The Morgan fingerprint density at radius 2 is 1.08 bits per heavy atom. The van der Waals surface area contributed by atoms with Crippen molar-refractivity contribution < 1.29 is 5.11 Å². The van der Waals surface area contributed by atoms with Gasteiger partial charge in [0.15, 0.2) is 0 Å². The number of unbranched alkanes of at least 4 members (excludes halogenated alkanes) is 15. The zero-order valence-corrected chi connectivity index (χ0v) is 18.0. The third-order valence-electron chi connectivity index (χ3n) is 5.40. The number of thiol groups is 1. The Morgan fingerprint density at radius 1 is 0.654 bits per heavy atom. The summed E-state index contributed by atoms with van der Waals surface area (Å²) in [6, 6.07) is 5.83. The van der Waals surface area contributed by atoms with Gasteiger partial charge in [0.1, 0.15) is 5.75 Å². The predicted molar refractivity (Wildman–Crippen MR) is 119 cm³/mol.